The maximum Gasteiger partial charge on any atom is 0.268 e. The molecule has 2 aromatic rings. The quantitative estimate of drug-likeness (QED) is 0.774. The van der Waals surface area contributed by atoms with Crippen molar-refractivity contribution >= 4 is 38.9 Å². The van der Waals surface area contributed by atoms with Gasteiger partial charge in [0.05, 0.1) is 4.88 Å². The lowest BCUT2D eigenvalue weighted by molar-refractivity contribution is 0.0985. The van der Waals surface area contributed by atoms with Crippen molar-refractivity contribution in [3.63, 3.8) is 0 Å². The van der Waals surface area contributed by atoms with Crippen molar-refractivity contribution in [2.75, 3.05) is 4.90 Å². The molecule has 0 unspecified atom stereocenters. The molecule has 0 saturated carbocycles. The zero-order chi connectivity index (χ0) is 12.7. The van der Waals surface area contributed by atoms with Crippen molar-refractivity contribution in [2.45, 2.75) is 19.4 Å². The van der Waals surface area contributed by atoms with Gasteiger partial charge in [-0.15, -0.1) is 11.3 Å². The second kappa shape index (κ2) is 4.52. The highest BCUT2D eigenvalue weighted by molar-refractivity contribution is 9.10. The Hall–Kier alpha value is -1.13. The summed E-state index contributed by atoms with van der Waals surface area (Å²) in [6.07, 6.45) is 0.923. The number of amides is 1. The number of thiophene rings is 1. The van der Waals surface area contributed by atoms with Crippen LogP contribution in [-0.4, -0.2) is 11.9 Å². The molecule has 3 rings (SSSR count). The fraction of sp³-hybridized carbons (Fsp3) is 0.214. The maximum absolute atomic E-state index is 12.5. The van der Waals surface area contributed by atoms with E-state index in [0.717, 1.165) is 21.5 Å². The van der Waals surface area contributed by atoms with E-state index in [2.05, 4.69) is 28.9 Å². The van der Waals surface area contributed by atoms with E-state index in [1.54, 1.807) is 0 Å². The van der Waals surface area contributed by atoms with Crippen LogP contribution >= 0.6 is 27.3 Å². The molecule has 0 saturated heterocycles. The summed E-state index contributed by atoms with van der Waals surface area (Å²) in [4.78, 5) is 15.2. The maximum atomic E-state index is 12.5. The van der Waals surface area contributed by atoms with Crippen LogP contribution in [0.1, 0.15) is 22.2 Å². The summed E-state index contributed by atoms with van der Waals surface area (Å²) >= 11 is 4.98. The van der Waals surface area contributed by atoms with Gasteiger partial charge in [0.1, 0.15) is 0 Å². The summed E-state index contributed by atoms with van der Waals surface area (Å²) in [6, 6.07) is 10.1. The number of fused-ring (bicyclic) bond motifs is 1. The standard InChI is InChI=1S/C14H12BrNOS/c1-9-7-10-8-11(15)4-5-12(10)16(9)14(17)13-3-2-6-18-13/h2-6,8-9H,7H2,1H3/t9-/m1/s1. The lowest BCUT2D eigenvalue weighted by Gasteiger charge is -2.22. The molecule has 1 aliphatic heterocycles. The summed E-state index contributed by atoms with van der Waals surface area (Å²) < 4.78 is 1.07. The van der Waals surface area contributed by atoms with Gasteiger partial charge in [0.15, 0.2) is 0 Å². The zero-order valence-electron chi connectivity index (χ0n) is 9.89. The Morgan fingerprint density at radius 1 is 1.44 bits per heavy atom. The second-order valence-corrected chi connectivity index (χ2v) is 6.34. The van der Waals surface area contributed by atoms with Crippen LogP contribution in [0.25, 0.3) is 0 Å². The predicted octanol–water partition coefficient (Wildman–Crippen LogP) is 4.10. The lowest BCUT2D eigenvalue weighted by Crippen LogP contribution is -2.35. The molecular weight excluding hydrogens is 310 g/mol. The Balaban J connectivity index is 2.02. The highest BCUT2D eigenvalue weighted by Crippen LogP contribution is 2.35. The number of halogens is 1. The molecule has 0 N–H and O–H groups in total. The van der Waals surface area contributed by atoms with Crippen LogP contribution in [0.4, 0.5) is 5.69 Å². The average Bonchev–Trinajstić information content (AvgIpc) is 2.94. The van der Waals surface area contributed by atoms with Crippen molar-refractivity contribution in [1.29, 1.82) is 0 Å². The summed E-state index contributed by atoms with van der Waals surface area (Å²) in [5.74, 6) is 0.110. The Morgan fingerprint density at radius 2 is 2.28 bits per heavy atom. The minimum absolute atomic E-state index is 0.110. The van der Waals surface area contributed by atoms with Crippen LogP contribution in [0.2, 0.25) is 0 Å². The van der Waals surface area contributed by atoms with E-state index in [4.69, 9.17) is 0 Å². The van der Waals surface area contributed by atoms with Crippen LogP contribution in [-0.2, 0) is 6.42 Å². The molecule has 4 heteroatoms. The topological polar surface area (TPSA) is 20.3 Å². The van der Waals surface area contributed by atoms with Gasteiger partial charge in [-0.05, 0) is 48.6 Å². The lowest BCUT2D eigenvalue weighted by atomic mass is 10.1. The van der Waals surface area contributed by atoms with Crippen molar-refractivity contribution in [2.24, 2.45) is 0 Å². The molecule has 2 heterocycles. The Labute approximate surface area is 118 Å². The number of hydrogen-bond donors (Lipinski definition) is 0. The normalized spacial score (nSPS) is 17.9. The van der Waals surface area contributed by atoms with Gasteiger partial charge in [0, 0.05) is 16.2 Å². The molecule has 0 spiro atoms. The largest absolute Gasteiger partial charge is 0.304 e. The van der Waals surface area contributed by atoms with Gasteiger partial charge in [0.25, 0.3) is 5.91 Å². The molecule has 1 aromatic heterocycles. The third-order valence-electron chi connectivity index (χ3n) is 3.21. The van der Waals surface area contributed by atoms with E-state index in [-0.39, 0.29) is 11.9 Å². The number of benzene rings is 1. The van der Waals surface area contributed by atoms with E-state index < -0.39 is 0 Å². The van der Waals surface area contributed by atoms with Crippen molar-refractivity contribution in [3.05, 3.63) is 50.6 Å². The van der Waals surface area contributed by atoms with Crippen LogP contribution in [0.3, 0.4) is 0 Å². The smallest absolute Gasteiger partial charge is 0.268 e. The van der Waals surface area contributed by atoms with Gasteiger partial charge in [-0.2, -0.15) is 0 Å². The number of carbonyl (C=O) groups is 1. The first-order valence-corrected chi connectivity index (χ1v) is 7.49. The van der Waals surface area contributed by atoms with Crippen LogP contribution < -0.4 is 4.90 Å². The summed E-state index contributed by atoms with van der Waals surface area (Å²) in [7, 11) is 0. The van der Waals surface area contributed by atoms with Crippen molar-refractivity contribution < 1.29 is 4.79 Å². The number of nitrogens with zero attached hydrogens (tertiary/aromatic N) is 1. The first-order chi connectivity index (χ1) is 8.66. The second-order valence-electron chi connectivity index (χ2n) is 4.48. The van der Waals surface area contributed by atoms with E-state index in [1.165, 1.54) is 16.9 Å². The number of carbonyl (C=O) groups excluding carboxylic acids is 1. The van der Waals surface area contributed by atoms with Gasteiger partial charge in [-0.25, -0.2) is 0 Å². The number of rotatable bonds is 1. The molecule has 2 nitrogen and oxygen atoms in total. The van der Waals surface area contributed by atoms with Crippen molar-refractivity contribution in [1.82, 2.24) is 0 Å². The van der Waals surface area contributed by atoms with Gasteiger partial charge >= 0.3 is 0 Å². The summed E-state index contributed by atoms with van der Waals surface area (Å²) in [6.45, 7) is 2.10. The molecule has 0 bridgehead atoms. The number of anilines is 1. The Bertz CT molecular complexity index is 594. The minimum atomic E-state index is 0.110. The Morgan fingerprint density at radius 3 is 3.00 bits per heavy atom. The van der Waals surface area contributed by atoms with Crippen LogP contribution in [0, 0.1) is 0 Å². The van der Waals surface area contributed by atoms with Gasteiger partial charge < -0.3 is 4.90 Å². The van der Waals surface area contributed by atoms with E-state index in [9.17, 15) is 4.79 Å². The summed E-state index contributed by atoms with van der Waals surface area (Å²) in [5.41, 5.74) is 2.28. The number of hydrogen-bond acceptors (Lipinski definition) is 2. The first kappa shape index (κ1) is 11.9. The molecule has 1 amide bonds. The average molecular weight is 322 g/mol. The molecule has 1 aromatic carbocycles. The zero-order valence-corrected chi connectivity index (χ0v) is 12.3. The van der Waals surface area contributed by atoms with E-state index >= 15 is 0 Å². The SMILES string of the molecule is C[C@@H]1Cc2cc(Br)ccc2N1C(=O)c1cccs1. The Kier molecular flexibility index (Phi) is 2.99. The van der Waals surface area contributed by atoms with Crippen LogP contribution in [0.5, 0.6) is 0 Å². The predicted molar refractivity (Wildman–Crippen MR) is 78.4 cm³/mol. The molecule has 0 aliphatic carbocycles. The van der Waals surface area contributed by atoms with E-state index in [1.807, 2.05) is 34.5 Å². The van der Waals surface area contributed by atoms with E-state index in [0.29, 0.717) is 0 Å². The van der Waals surface area contributed by atoms with Crippen LogP contribution in [0.15, 0.2) is 40.2 Å². The third kappa shape index (κ3) is 1.89. The summed E-state index contributed by atoms with van der Waals surface area (Å²) in [5, 5.41) is 1.94. The highest BCUT2D eigenvalue weighted by atomic mass is 79.9. The van der Waals surface area contributed by atoms with Gasteiger partial charge in [-0.1, -0.05) is 22.0 Å². The molecule has 1 aliphatic rings. The molecule has 0 fully saturated rings. The minimum Gasteiger partial charge on any atom is -0.304 e. The highest BCUT2D eigenvalue weighted by Gasteiger charge is 2.31. The fourth-order valence-electron chi connectivity index (χ4n) is 2.43. The monoisotopic (exact) mass is 321 g/mol. The van der Waals surface area contributed by atoms with Gasteiger partial charge in [0.2, 0.25) is 0 Å². The van der Waals surface area contributed by atoms with Crippen molar-refractivity contribution in [3.8, 4) is 0 Å². The molecule has 92 valence electrons. The molecular formula is C14H12BrNOS. The fourth-order valence-corrected chi connectivity index (χ4v) is 3.50. The molecule has 1 atom stereocenters. The molecule has 0 radical (unpaired) electrons. The van der Waals surface area contributed by atoms with Gasteiger partial charge in [-0.3, -0.25) is 4.79 Å². The first-order valence-electron chi connectivity index (χ1n) is 5.82. The molecule has 18 heavy (non-hydrogen) atoms. The third-order valence-corrected chi connectivity index (χ3v) is 4.56.